The van der Waals surface area contributed by atoms with Crippen LogP contribution in [0.4, 0.5) is 34.1 Å². The van der Waals surface area contributed by atoms with Gasteiger partial charge >= 0.3 is 0 Å². The number of nitrogens with zero attached hydrogens (tertiary/aromatic N) is 2. The van der Waals surface area contributed by atoms with Crippen molar-refractivity contribution in [3.63, 3.8) is 0 Å². The summed E-state index contributed by atoms with van der Waals surface area (Å²) < 4.78 is 13.8. The number of hydrogen-bond acceptors (Lipinski definition) is 4. The van der Waals surface area contributed by atoms with Crippen LogP contribution in [0.1, 0.15) is 55.6 Å². The second-order valence-electron chi connectivity index (χ2n) is 18.7. The zero-order valence-corrected chi connectivity index (χ0v) is 38.4. The molecule has 2 heterocycles. The van der Waals surface area contributed by atoms with E-state index >= 15 is 0 Å². The van der Waals surface area contributed by atoms with E-state index < -0.39 is 0 Å². The molecule has 64 heavy (non-hydrogen) atoms. The van der Waals surface area contributed by atoms with E-state index in [-0.39, 0.29) is 0 Å². The molecular formula is C60H52N2O2. The summed E-state index contributed by atoms with van der Waals surface area (Å²) >= 11 is 0. The van der Waals surface area contributed by atoms with Crippen LogP contribution in [0.3, 0.4) is 0 Å². The first-order chi connectivity index (χ1) is 30.7. The number of aryl methyl sites for hydroxylation is 10. The molecule has 4 heteroatoms. The van der Waals surface area contributed by atoms with Gasteiger partial charge in [0, 0.05) is 55.7 Å². The Kier molecular flexibility index (Phi) is 9.04. The maximum Gasteiger partial charge on any atom is 0.139 e. The van der Waals surface area contributed by atoms with Gasteiger partial charge in [0.05, 0.1) is 0 Å². The van der Waals surface area contributed by atoms with E-state index in [0.717, 1.165) is 111 Å². The van der Waals surface area contributed by atoms with Crippen molar-refractivity contribution in [3.8, 4) is 0 Å². The molecule has 0 saturated carbocycles. The van der Waals surface area contributed by atoms with E-state index in [9.17, 15) is 0 Å². The highest BCUT2D eigenvalue weighted by atomic mass is 16.3. The molecule has 2 aromatic heterocycles. The number of fused-ring (bicyclic) bond motifs is 9. The highest BCUT2D eigenvalue weighted by molar-refractivity contribution is 6.29. The second kappa shape index (κ2) is 14.6. The molecule has 9 aromatic carbocycles. The molecule has 0 aliphatic heterocycles. The monoisotopic (exact) mass is 832 g/mol. The summed E-state index contributed by atoms with van der Waals surface area (Å²) in [6, 6.07) is 49.9. The lowest BCUT2D eigenvalue weighted by molar-refractivity contribution is 0.657. The second-order valence-corrected chi connectivity index (χ2v) is 18.7. The van der Waals surface area contributed by atoms with E-state index in [1.165, 1.54) is 44.5 Å². The number of anilines is 6. The van der Waals surface area contributed by atoms with Gasteiger partial charge in [-0.25, -0.2) is 0 Å². The molecule has 0 radical (unpaired) electrons. The van der Waals surface area contributed by atoms with Crippen LogP contribution in [0.2, 0.25) is 0 Å². The van der Waals surface area contributed by atoms with Gasteiger partial charge in [-0.2, -0.15) is 0 Å². The van der Waals surface area contributed by atoms with Gasteiger partial charge in [-0.15, -0.1) is 0 Å². The van der Waals surface area contributed by atoms with E-state index in [4.69, 9.17) is 8.83 Å². The molecule has 0 aliphatic carbocycles. The van der Waals surface area contributed by atoms with Gasteiger partial charge in [0.15, 0.2) is 0 Å². The number of benzene rings is 9. The zero-order chi connectivity index (χ0) is 44.3. The summed E-state index contributed by atoms with van der Waals surface area (Å²) in [4.78, 5) is 4.77. The molecule has 0 N–H and O–H groups in total. The molecule has 314 valence electrons. The quantitative estimate of drug-likeness (QED) is 0.167. The van der Waals surface area contributed by atoms with Crippen molar-refractivity contribution in [2.45, 2.75) is 69.2 Å². The fourth-order valence-corrected chi connectivity index (χ4v) is 10.5. The average Bonchev–Trinajstić information content (AvgIpc) is 3.77. The topological polar surface area (TPSA) is 32.8 Å². The number of furan rings is 2. The predicted molar refractivity (Wildman–Crippen MR) is 273 cm³/mol. The van der Waals surface area contributed by atoms with Crippen molar-refractivity contribution in [3.05, 3.63) is 189 Å². The zero-order valence-electron chi connectivity index (χ0n) is 38.4. The molecular weight excluding hydrogens is 781 g/mol. The Balaban J connectivity index is 1.08. The molecule has 0 unspecified atom stereocenters. The smallest absolute Gasteiger partial charge is 0.139 e. The van der Waals surface area contributed by atoms with E-state index in [1.54, 1.807) is 0 Å². The van der Waals surface area contributed by atoms with Gasteiger partial charge in [-0.1, -0.05) is 36.4 Å². The van der Waals surface area contributed by atoms with Crippen molar-refractivity contribution in [2.75, 3.05) is 9.80 Å². The van der Waals surface area contributed by atoms with Crippen LogP contribution in [0.25, 0.3) is 65.4 Å². The van der Waals surface area contributed by atoms with Gasteiger partial charge in [-0.05, 0) is 243 Å². The molecule has 0 amide bonds. The Hall–Kier alpha value is -7.30. The molecule has 0 aliphatic rings. The molecule has 11 aromatic rings. The van der Waals surface area contributed by atoms with Crippen molar-refractivity contribution in [1.29, 1.82) is 0 Å². The molecule has 0 fully saturated rings. The van der Waals surface area contributed by atoms with Gasteiger partial charge in [0.1, 0.15) is 22.3 Å². The van der Waals surface area contributed by atoms with E-state index in [2.05, 4.69) is 212 Å². The minimum atomic E-state index is 0.872. The third-order valence-electron chi connectivity index (χ3n) is 13.1. The van der Waals surface area contributed by atoms with E-state index in [1.807, 2.05) is 0 Å². The van der Waals surface area contributed by atoms with Gasteiger partial charge < -0.3 is 18.6 Å². The Labute approximate surface area is 375 Å². The van der Waals surface area contributed by atoms with Crippen molar-refractivity contribution in [1.82, 2.24) is 0 Å². The van der Waals surface area contributed by atoms with Crippen molar-refractivity contribution < 1.29 is 8.83 Å². The Morgan fingerprint density at radius 3 is 0.875 bits per heavy atom. The first kappa shape index (κ1) is 39.5. The first-order valence-electron chi connectivity index (χ1n) is 22.4. The fraction of sp³-hybridized carbons (Fsp3) is 0.167. The molecule has 11 rings (SSSR count). The Morgan fingerprint density at radius 1 is 0.281 bits per heavy atom. The van der Waals surface area contributed by atoms with Crippen molar-refractivity contribution in [2.24, 2.45) is 0 Å². The van der Waals surface area contributed by atoms with Gasteiger partial charge in [0.2, 0.25) is 0 Å². The summed E-state index contributed by atoms with van der Waals surface area (Å²) in [5.74, 6) is 0. The van der Waals surface area contributed by atoms with Gasteiger partial charge in [-0.3, -0.25) is 0 Å². The third kappa shape index (κ3) is 6.59. The van der Waals surface area contributed by atoms with Crippen molar-refractivity contribution >= 4 is 99.5 Å². The summed E-state index contributed by atoms with van der Waals surface area (Å²) in [5.41, 5.74) is 22.5. The standard InChI is InChI=1S/C60H52N2O2/c1-33-15-34(2)20-49(19-33)61(50-21-35(3)16-36(4)22-50)47-13-11-43-29-53-55(31-45(43)27-47)63-59-41(9)42(10)60-58(57(53)59)54-30-44-12-14-48(28-46(44)32-56(54)64-60)62(51-23-37(5)17-38(6)24-51)52-25-39(7)18-40(8)26-52/h11-32H,1-10H3. The summed E-state index contributed by atoms with van der Waals surface area (Å²) in [6.45, 7) is 21.7. The predicted octanol–water partition coefficient (Wildman–Crippen LogP) is 17.8. The lowest BCUT2D eigenvalue weighted by atomic mass is 9.96. The minimum absolute atomic E-state index is 0.872. The maximum absolute atomic E-state index is 6.92. The van der Waals surface area contributed by atoms with E-state index in [0.29, 0.717) is 0 Å². The van der Waals surface area contributed by atoms with Crippen LogP contribution in [-0.4, -0.2) is 0 Å². The maximum atomic E-state index is 6.92. The Morgan fingerprint density at radius 2 is 0.578 bits per heavy atom. The van der Waals surface area contributed by atoms with Crippen LogP contribution in [-0.2, 0) is 0 Å². The average molecular weight is 833 g/mol. The van der Waals surface area contributed by atoms with Crippen LogP contribution >= 0.6 is 0 Å². The first-order valence-corrected chi connectivity index (χ1v) is 22.4. The van der Waals surface area contributed by atoms with Crippen LogP contribution < -0.4 is 9.80 Å². The lowest BCUT2D eigenvalue weighted by Crippen LogP contribution is -2.11. The lowest BCUT2D eigenvalue weighted by Gasteiger charge is -2.27. The highest BCUT2D eigenvalue weighted by Crippen LogP contribution is 2.47. The molecule has 0 atom stereocenters. The summed E-state index contributed by atoms with van der Waals surface area (Å²) in [7, 11) is 0. The molecule has 0 spiro atoms. The summed E-state index contributed by atoms with van der Waals surface area (Å²) in [6.07, 6.45) is 0. The Bertz CT molecular complexity index is 3320. The highest BCUT2D eigenvalue weighted by Gasteiger charge is 2.24. The number of hydrogen-bond donors (Lipinski definition) is 0. The molecule has 4 nitrogen and oxygen atoms in total. The largest absolute Gasteiger partial charge is 0.456 e. The van der Waals surface area contributed by atoms with Gasteiger partial charge in [0.25, 0.3) is 0 Å². The number of rotatable bonds is 6. The third-order valence-corrected chi connectivity index (χ3v) is 13.1. The van der Waals surface area contributed by atoms with Crippen LogP contribution in [0.15, 0.2) is 142 Å². The molecule has 0 bridgehead atoms. The minimum Gasteiger partial charge on any atom is -0.456 e. The SMILES string of the molecule is Cc1cc(C)cc(N(c2cc(C)cc(C)c2)c2ccc3cc4c(cc3c2)oc2c(C)c(C)c3oc5cc6cc(N(c7cc(C)cc(C)c7)c7cc(C)cc(C)c7)ccc6cc5c3c24)c1. The fourth-order valence-electron chi connectivity index (χ4n) is 10.5. The normalized spacial score (nSPS) is 11.9. The summed E-state index contributed by atoms with van der Waals surface area (Å²) in [5, 5.41) is 8.99. The van der Waals surface area contributed by atoms with Crippen LogP contribution in [0.5, 0.6) is 0 Å². The molecule has 0 saturated heterocycles. The van der Waals surface area contributed by atoms with Crippen LogP contribution in [0, 0.1) is 69.2 Å².